The van der Waals surface area contributed by atoms with Crippen LogP contribution in [0.15, 0.2) is 48.5 Å². The summed E-state index contributed by atoms with van der Waals surface area (Å²) in [6, 6.07) is 15.3. The van der Waals surface area contributed by atoms with Gasteiger partial charge in [0.25, 0.3) is 5.91 Å². The van der Waals surface area contributed by atoms with E-state index in [1.165, 1.54) is 4.90 Å². The number of amides is 2. The van der Waals surface area contributed by atoms with Crippen LogP contribution in [0.4, 0.5) is 11.4 Å². The number of hydrogen-bond acceptors (Lipinski definition) is 4. The van der Waals surface area contributed by atoms with Crippen LogP contribution in [0.25, 0.3) is 0 Å². The topological polar surface area (TPSA) is 49.9 Å². The lowest BCUT2D eigenvalue weighted by atomic mass is 9.93. The average Bonchev–Trinajstić information content (AvgIpc) is 3.14. The average molecular weight is 364 g/mol. The zero-order chi connectivity index (χ0) is 19.1. The summed E-state index contributed by atoms with van der Waals surface area (Å²) in [5.74, 6) is -0.891. The fraction of sp³-hybridized carbons (Fsp3) is 0.364. The van der Waals surface area contributed by atoms with Crippen molar-refractivity contribution in [2.75, 3.05) is 9.96 Å². The SMILES string of the molecule is CCC[C@H]1[C@@H]2C(=O)N(c3c(C)cccc3C)C(=O)[C@H]2ON1c1ccccc1. The molecule has 2 aliphatic rings. The Labute approximate surface area is 159 Å². The normalized spacial score (nSPS) is 24.6. The van der Waals surface area contributed by atoms with Gasteiger partial charge in [0.05, 0.1) is 23.3 Å². The first-order valence-corrected chi connectivity index (χ1v) is 9.49. The highest BCUT2D eigenvalue weighted by Crippen LogP contribution is 2.42. The Balaban J connectivity index is 1.72. The van der Waals surface area contributed by atoms with Crippen LogP contribution >= 0.6 is 0 Å². The molecule has 2 fully saturated rings. The molecule has 0 N–H and O–H groups in total. The molecule has 0 aromatic heterocycles. The van der Waals surface area contributed by atoms with E-state index in [1.54, 1.807) is 5.06 Å². The third-order valence-electron chi connectivity index (χ3n) is 5.50. The maximum atomic E-state index is 13.4. The fourth-order valence-corrected chi connectivity index (χ4v) is 4.29. The Morgan fingerprint density at radius 1 is 0.926 bits per heavy atom. The third-order valence-corrected chi connectivity index (χ3v) is 5.50. The van der Waals surface area contributed by atoms with Gasteiger partial charge in [0.1, 0.15) is 0 Å². The molecule has 0 bridgehead atoms. The van der Waals surface area contributed by atoms with Gasteiger partial charge in [-0.25, -0.2) is 9.96 Å². The van der Waals surface area contributed by atoms with E-state index >= 15 is 0 Å². The van der Waals surface area contributed by atoms with Crippen molar-refractivity contribution < 1.29 is 14.4 Å². The number of rotatable bonds is 4. The maximum absolute atomic E-state index is 13.4. The first-order chi connectivity index (χ1) is 13.0. The molecule has 5 nitrogen and oxygen atoms in total. The maximum Gasteiger partial charge on any atom is 0.266 e. The van der Waals surface area contributed by atoms with Gasteiger partial charge < -0.3 is 0 Å². The minimum atomic E-state index is -0.756. The first kappa shape index (κ1) is 17.7. The largest absolute Gasteiger partial charge is 0.273 e. The lowest BCUT2D eigenvalue weighted by Gasteiger charge is -2.29. The lowest BCUT2D eigenvalue weighted by Crippen LogP contribution is -2.41. The molecule has 2 heterocycles. The van der Waals surface area contributed by atoms with E-state index in [9.17, 15) is 9.59 Å². The molecule has 0 spiro atoms. The van der Waals surface area contributed by atoms with Gasteiger partial charge >= 0.3 is 0 Å². The standard InChI is InChI=1S/C22H24N2O3/c1-4-9-17-18-20(27-24(17)16-12-6-5-7-13-16)22(26)23(21(18)25)19-14(2)10-8-11-15(19)3/h5-8,10-13,17-18,20H,4,9H2,1-3H3/t17-,18-,20-/m0/s1. The van der Waals surface area contributed by atoms with Crippen molar-refractivity contribution in [3.63, 3.8) is 0 Å². The zero-order valence-electron chi connectivity index (χ0n) is 15.9. The first-order valence-electron chi connectivity index (χ1n) is 9.49. The van der Waals surface area contributed by atoms with Crippen LogP contribution < -0.4 is 9.96 Å². The number of anilines is 2. The summed E-state index contributed by atoms with van der Waals surface area (Å²) in [6.45, 7) is 5.94. The van der Waals surface area contributed by atoms with E-state index in [1.807, 2.05) is 62.4 Å². The molecule has 5 heteroatoms. The number of carbonyl (C=O) groups is 2. The van der Waals surface area contributed by atoms with Crippen LogP contribution in [0, 0.1) is 19.8 Å². The van der Waals surface area contributed by atoms with Crippen molar-refractivity contribution in [2.45, 2.75) is 45.8 Å². The molecule has 2 amide bonds. The number of hydrogen-bond donors (Lipinski definition) is 0. The van der Waals surface area contributed by atoms with Crippen LogP contribution in [0.3, 0.4) is 0 Å². The Morgan fingerprint density at radius 3 is 2.22 bits per heavy atom. The number of benzene rings is 2. The highest BCUT2D eigenvalue weighted by molar-refractivity contribution is 6.24. The molecule has 0 saturated carbocycles. The highest BCUT2D eigenvalue weighted by Gasteiger charge is 2.59. The molecule has 2 aromatic carbocycles. The minimum Gasteiger partial charge on any atom is -0.273 e. The summed E-state index contributed by atoms with van der Waals surface area (Å²) in [5.41, 5.74) is 3.42. The number of nitrogens with zero attached hydrogens (tertiary/aromatic N) is 2. The van der Waals surface area contributed by atoms with E-state index in [-0.39, 0.29) is 17.9 Å². The van der Waals surface area contributed by atoms with Crippen molar-refractivity contribution in [1.29, 1.82) is 0 Å². The third kappa shape index (κ3) is 2.73. The number of imide groups is 1. The molecule has 0 unspecified atom stereocenters. The van der Waals surface area contributed by atoms with Crippen LogP contribution in [0.1, 0.15) is 30.9 Å². The van der Waals surface area contributed by atoms with E-state index < -0.39 is 12.0 Å². The summed E-state index contributed by atoms with van der Waals surface area (Å²) in [7, 11) is 0. The monoisotopic (exact) mass is 364 g/mol. The lowest BCUT2D eigenvalue weighted by molar-refractivity contribution is -0.126. The molecule has 2 saturated heterocycles. The summed E-state index contributed by atoms with van der Waals surface area (Å²) >= 11 is 0. The molecule has 2 aliphatic heterocycles. The van der Waals surface area contributed by atoms with Crippen molar-refractivity contribution in [2.24, 2.45) is 5.92 Å². The van der Waals surface area contributed by atoms with Crippen LogP contribution in [0.2, 0.25) is 0 Å². The van der Waals surface area contributed by atoms with Gasteiger partial charge in [0.15, 0.2) is 6.10 Å². The fourth-order valence-electron chi connectivity index (χ4n) is 4.29. The van der Waals surface area contributed by atoms with Gasteiger partial charge in [0, 0.05) is 0 Å². The van der Waals surface area contributed by atoms with Crippen LogP contribution in [-0.4, -0.2) is 24.0 Å². The van der Waals surface area contributed by atoms with Crippen LogP contribution in [-0.2, 0) is 14.4 Å². The van der Waals surface area contributed by atoms with Crippen LogP contribution in [0.5, 0.6) is 0 Å². The minimum absolute atomic E-state index is 0.145. The van der Waals surface area contributed by atoms with Crippen molar-refractivity contribution in [3.8, 4) is 0 Å². The molecule has 27 heavy (non-hydrogen) atoms. The number of aryl methyl sites for hydroxylation is 2. The quantitative estimate of drug-likeness (QED) is 0.775. The van der Waals surface area contributed by atoms with Gasteiger partial charge in [-0.05, 0) is 43.5 Å². The van der Waals surface area contributed by atoms with Crippen molar-refractivity contribution >= 4 is 23.2 Å². The number of para-hydroxylation sites is 2. The smallest absolute Gasteiger partial charge is 0.266 e. The van der Waals surface area contributed by atoms with Gasteiger partial charge in [-0.15, -0.1) is 0 Å². The molecule has 0 radical (unpaired) electrons. The second-order valence-electron chi connectivity index (χ2n) is 7.32. The summed E-state index contributed by atoms with van der Waals surface area (Å²) in [4.78, 5) is 34.0. The molecule has 2 aromatic rings. The zero-order valence-corrected chi connectivity index (χ0v) is 15.9. The number of carbonyl (C=O) groups excluding carboxylic acids is 2. The molecule has 3 atom stereocenters. The van der Waals surface area contributed by atoms with Crippen molar-refractivity contribution in [3.05, 3.63) is 59.7 Å². The molecule has 0 aliphatic carbocycles. The second kappa shape index (κ2) is 6.82. The van der Waals surface area contributed by atoms with Gasteiger partial charge in [-0.2, -0.15) is 0 Å². The van der Waals surface area contributed by atoms with Crippen molar-refractivity contribution in [1.82, 2.24) is 0 Å². The Hall–Kier alpha value is -2.66. The molecular weight excluding hydrogens is 340 g/mol. The van der Waals surface area contributed by atoms with Gasteiger partial charge in [0.2, 0.25) is 5.91 Å². The van der Waals surface area contributed by atoms with E-state index in [0.717, 1.165) is 29.7 Å². The Morgan fingerprint density at radius 2 is 1.59 bits per heavy atom. The number of hydroxylamine groups is 1. The Bertz CT molecular complexity index is 860. The molecular formula is C22H24N2O3. The van der Waals surface area contributed by atoms with Gasteiger partial charge in [-0.1, -0.05) is 49.7 Å². The summed E-state index contributed by atoms with van der Waals surface area (Å²) in [5, 5.41) is 1.77. The summed E-state index contributed by atoms with van der Waals surface area (Å²) in [6.07, 6.45) is 0.939. The Kier molecular flexibility index (Phi) is 4.48. The van der Waals surface area contributed by atoms with E-state index in [2.05, 4.69) is 6.92 Å². The predicted molar refractivity (Wildman–Crippen MR) is 104 cm³/mol. The van der Waals surface area contributed by atoms with E-state index in [4.69, 9.17) is 4.84 Å². The molecule has 140 valence electrons. The summed E-state index contributed by atoms with van der Waals surface area (Å²) < 4.78 is 0. The molecule has 4 rings (SSSR count). The predicted octanol–water partition coefficient (Wildman–Crippen LogP) is 3.78. The van der Waals surface area contributed by atoms with E-state index in [0.29, 0.717) is 5.69 Å². The number of fused-ring (bicyclic) bond motifs is 1. The second-order valence-corrected chi connectivity index (χ2v) is 7.32. The highest BCUT2D eigenvalue weighted by atomic mass is 16.7. The van der Waals surface area contributed by atoms with Gasteiger partial charge in [-0.3, -0.25) is 14.4 Å².